The van der Waals surface area contributed by atoms with Gasteiger partial charge >= 0.3 is 0 Å². The Morgan fingerprint density at radius 2 is 2.06 bits per heavy atom. The summed E-state index contributed by atoms with van der Waals surface area (Å²) < 4.78 is 6.07. The third-order valence-electron chi connectivity index (χ3n) is 3.59. The molecule has 2 rings (SSSR count). The summed E-state index contributed by atoms with van der Waals surface area (Å²) in [6, 6.07) is 2.06. The van der Waals surface area contributed by atoms with Crippen LogP contribution in [0.15, 0.2) is 6.07 Å². The molecule has 100 valence electrons. The number of ether oxygens (including phenoxy) is 1. The van der Waals surface area contributed by atoms with Gasteiger partial charge in [0.15, 0.2) is 0 Å². The van der Waals surface area contributed by atoms with Crippen molar-refractivity contribution < 1.29 is 4.74 Å². The van der Waals surface area contributed by atoms with Crippen LogP contribution in [0, 0.1) is 13.8 Å². The van der Waals surface area contributed by atoms with Gasteiger partial charge in [-0.2, -0.15) is 0 Å². The molecule has 2 heterocycles. The Morgan fingerprint density at radius 1 is 1.39 bits per heavy atom. The molecule has 0 spiro atoms. The molecule has 0 aliphatic carbocycles. The van der Waals surface area contributed by atoms with E-state index in [-0.39, 0.29) is 6.10 Å². The number of nitrogens with zero attached hydrogens (tertiary/aromatic N) is 2. The first kappa shape index (κ1) is 13.3. The number of nitrogens with two attached hydrogens (primary N) is 1. The molecule has 1 fully saturated rings. The van der Waals surface area contributed by atoms with E-state index in [9.17, 15) is 0 Å². The number of hydrogen-bond donors (Lipinski definition) is 1. The van der Waals surface area contributed by atoms with Crippen LogP contribution in [0.3, 0.4) is 0 Å². The number of aryl methyl sites for hydroxylation is 2. The number of hydrogen-bond acceptors (Lipinski definition) is 4. The normalized spacial score (nSPS) is 18.0. The summed E-state index contributed by atoms with van der Waals surface area (Å²) in [6.07, 6.45) is 2.41. The summed E-state index contributed by atoms with van der Waals surface area (Å²) in [5.41, 5.74) is 9.01. The van der Waals surface area contributed by atoms with Crippen molar-refractivity contribution in [3.8, 4) is 5.88 Å². The molecule has 0 saturated carbocycles. The second-order valence-electron chi connectivity index (χ2n) is 5.19. The summed E-state index contributed by atoms with van der Waals surface area (Å²) in [4.78, 5) is 6.83. The highest BCUT2D eigenvalue weighted by atomic mass is 16.5. The summed E-state index contributed by atoms with van der Waals surface area (Å²) in [5, 5.41) is 0. The van der Waals surface area contributed by atoms with Crippen molar-refractivity contribution in [2.75, 3.05) is 20.1 Å². The molecular weight excluding hydrogens is 226 g/mol. The molecule has 0 radical (unpaired) electrons. The lowest BCUT2D eigenvalue weighted by molar-refractivity contribution is 0.109. The zero-order valence-corrected chi connectivity index (χ0v) is 11.6. The zero-order chi connectivity index (χ0) is 13.1. The van der Waals surface area contributed by atoms with Crippen molar-refractivity contribution in [3.63, 3.8) is 0 Å². The highest BCUT2D eigenvalue weighted by molar-refractivity contribution is 5.35. The summed E-state index contributed by atoms with van der Waals surface area (Å²) in [7, 11) is 2.15. The largest absolute Gasteiger partial charge is 0.474 e. The van der Waals surface area contributed by atoms with Crippen LogP contribution in [-0.4, -0.2) is 36.1 Å². The smallest absolute Gasteiger partial charge is 0.218 e. The molecule has 1 aliphatic heterocycles. The van der Waals surface area contributed by atoms with Crippen LogP contribution < -0.4 is 10.5 Å². The van der Waals surface area contributed by atoms with Gasteiger partial charge < -0.3 is 15.4 Å². The van der Waals surface area contributed by atoms with Crippen molar-refractivity contribution in [2.45, 2.75) is 39.3 Å². The Hall–Kier alpha value is -1.13. The van der Waals surface area contributed by atoms with Gasteiger partial charge in [0, 0.05) is 30.9 Å². The summed E-state index contributed by atoms with van der Waals surface area (Å²) in [5.74, 6) is 0.740. The highest BCUT2D eigenvalue weighted by Gasteiger charge is 2.20. The molecule has 1 saturated heterocycles. The van der Waals surface area contributed by atoms with Gasteiger partial charge in [-0.3, -0.25) is 0 Å². The fourth-order valence-electron chi connectivity index (χ4n) is 2.44. The minimum Gasteiger partial charge on any atom is -0.474 e. The van der Waals surface area contributed by atoms with E-state index >= 15 is 0 Å². The fourth-order valence-corrected chi connectivity index (χ4v) is 2.44. The van der Waals surface area contributed by atoms with E-state index in [1.54, 1.807) is 0 Å². The Kier molecular flexibility index (Phi) is 4.19. The predicted molar refractivity (Wildman–Crippen MR) is 72.7 cm³/mol. The maximum Gasteiger partial charge on any atom is 0.218 e. The first-order chi connectivity index (χ1) is 8.60. The molecule has 1 aromatic rings. The lowest BCUT2D eigenvalue weighted by Crippen LogP contribution is -2.36. The Morgan fingerprint density at radius 3 is 2.67 bits per heavy atom. The number of rotatable bonds is 3. The average Bonchev–Trinajstić information content (AvgIpc) is 2.32. The number of aromatic nitrogens is 1. The topological polar surface area (TPSA) is 51.4 Å². The molecule has 4 heteroatoms. The van der Waals surface area contributed by atoms with Gasteiger partial charge in [-0.05, 0) is 45.4 Å². The van der Waals surface area contributed by atoms with Crippen molar-refractivity contribution in [1.82, 2.24) is 9.88 Å². The SMILES string of the molecule is Cc1cc(C)c(CN)c(OC2CCN(C)CC2)n1. The van der Waals surface area contributed by atoms with Gasteiger partial charge in [0.1, 0.15) is 6.10 Å². The monoisotopic (exact) mass is 249 g/mol. The standard InChI is InChI=1S/C14H23N3O/c1-10-8-11(2)16-14(13(10)9-15)18-12-4-6-17(3)7-5-12/h8,12H,4-7,9,15H2,1-3H3. The van der Waals surface area contributed by atoms with Crippen molar-refractivity contribution in [1.29, 1.82) is 0 Å². The van der Waals surface area contributed by atoms with E-state index in [1.165, 1.54) is 5.56 Å². The molecule has 0 aromatic carbocycles. The average molecular weight is 249 g/mol. The summed E-state index contributed by atoms with van der Waals surface area (Å²) in [6.45, 7) is 6.73. The van der Waals surface area contributed by atoms with Crippen molar-refractivity contribution >= 4 is 0 Å². The zero-order valence-electron chi connectivity index (χ0n) is 11.6. The molecule has 0 bridgehead atoms. The molecule has 18 heavy (non-hydrogen) atoms. The van der Waals surface area contributed by atoms with E-state index in [0.29, 0.717) is 6.54 Å². The number of pyridine rings is 1. The quantitative estimate of drug-likeness (QED) is 0.884. The van der Waals surface area contributed by atoms with Gasteiger partial charge in [0.05, 0.1) is 0 Å². The minimum atomic E-state index is 0.278. The lowest BCUT2D eigenvalue weighted by atomic mass is 10.1. The molecule has 0 atom stereocenters. The molecule has 1 aromatic heterocycles. The van der Waals surface area contributed by atoms with Crippen LogP contribution in [0.4, 0.5) is 0 Å². The van der Waals surface area contributed by atoms with Gasteiger partial charge in [-0.15, -0.1) is 0 Å². The van der Waals surface area contributed by atoms with Crippen LogP contribution in [-0.2, 0) is 6.54 Å². The van der Waals surface area contributed by atoms with Crippen LogP contribution in [0.2, 0.25) is 0 Å². The number of likely N-dealkylation sites (tertiary alicyclic amines) is 1. The second-order valence-corrected chi connectivity index (χ2v) is 5.19. The Balaban J connectivity index is 2.13. The van der Waals surface area contributed by atoms with E-state index in [2.05, 4.69) is 29.9 Å². The molecular formula is C14H23N3O. The lowest BCUT2D eigenvalue weighted by Gasteiger charge is -2.29. The third kappa shape index (κ3) is 3.00. The molecule has 4 nitrogen and oxygen atoms in total. The molecule has 0 amide bonds. The van der Waals surface area contributed by atoms with Gasteiger partial charge in [0.2, 0.25) is 5.88 Å². The molecule has 2 N–H and O–H groups in total. The van der Waals surface area contributed by atoms with Gasteiger partial charge in [-0.1, -0.05) is 0 Å². The van der Waals surface area contributed by atoms with Crippen LogP contribution >= 0.6 is 0 Å². The second kappa shape index (κ2) is 5.67. The van der Waals surface area contributed by atoms with Gasteiger partial charge in [-0.25, -0.2) is 4.98 Å². The maximum absolute atomic E-state index is 6.07. The molecule has 1 aliphatic rings. The Bertz CT molecular complexity index is 412. The number of piperidine rings is 1. The predicted octanol–water partition coefficient (Wildman–Crippen LogP) is 1.63. The molecule has 0 unspecified atom stereocenters. The van der Waals surface area contributed by atoms with E-state index in [4.69, 9.17) is 10.5 Å². The first-order valence-corrected chi connectivity index (χ1v) is 6.62. The summed E-state index contributed by atoms with van der Waals surface area (Å²) >= 11 is 0. The first-order valence-electron chi connectivity index (χ1n) is 6.62. The van der Waals surface area contributed by atoms with Crippen LogP contribution in [0.1, 0.15) is 29.7 Å². The van der Waals surface area contributed by atoms with Gasteiger partial charge in [0.25, 0.3) is 0 Å². The van der Waals surface area contributed by atoms with Crippen molar-refractivity contribution in [3.05, 3.63) is 22.9 Å². The van der Waals surface area contributed by atoms with E-state index in [0.717, 1.165) is 43.1 Å². The van der Waals surface area contributed by atoms with Crippen LogP contribution in [0.5, 0.6) is 5.88 Å². The van der Waals surface area contributed by atoms with E-state index < -0.39 is 0 Å². The minimum absolute atomic E-state index is 0.278. The van der Waals surface area contributed by atoms with E-state index in [1.807, 2.05) is 6.92 Å². The fraction of sp³-hybridized carbons (Fsp3) is 0.643. The Labute approximate surface area is 109 Å². The maximum atomic E-state index is 6.07. The highest BCUT2D eigenvalue weighted by Crippen LogP contribution is 2.24. The van der Waals surface area contributed by atoms with Crippen molar-refractivity contribution in [2.24, 2.45) is 5.73 Å². The third-order valence-corrected chi connectivity index (χ3v) is 3.59. The van der Waals surface area contributed by atoms with Crippen LogP contribution in [0.25, 0.3) is 0 Å².